The maximum absolute atomic E-state index is 6.33. The summed E-state index contributed by atoms with van der Waals surface area (Å²) in [6.07, 6.45) is 1.79. The van der Waals surface area contributed by atoms with Crippen LogP contribution in [0.1, 0.15) is 22.2 Å². The van der Waals surface area contributed by atoms with E-state index in [0.717, 1.165) is 27.0 Å². The highest BCUT2D eigenvalue weighted by molar-refractivity contribution is 7.05. The largest absolute Gasteiger partial charge is 0.319 e. The first-order valence-electron chi connectivity index (χ1n) is 5.65. The Labute approximate surface area is 109 Å². The SMILES string of the molecule is Cc1nnsc1C(N)c1cccc2ncccc12. The molecule has 2 heterocycles. The molecule has 0 aliphatic heterocycles. The van der Waals surface area contributed by atoms with Crippen LogP contribution in [0, 0.1) is 6.92 Å². The third-order valence-corrected chi connectivity index (χ3v) is 3.89. The molecule has 90 valence electrons. The molecule has 3 rings (SSSR count). The van der Waals surface area contributed by atoms with Crippen molar-refractivity contribution in [2.45, 2.75) is 13.0 Å². The van der Waals surface area contributed by atoms with Gasteiger partial charge in [-0.25, -0.2) is 0 Å². The molecule has 1 atom stereocenters. The van der Waals surface area contributed by atoms with Gasteiger partial charge in [0.1, 0.15) is 0 Å². The molecule has 0 saturated carbocycles. The average molecular weight is 256 g/mol. The van der Waals surface area contributed by atoms with Crippen molar-refractivity contribution in [1.29, 1.82) is 0 Å². The van der Waals surface area contributed by atoms with Gasteiger partial charge in [-0.05, 0) is 36.2 Å². The summed E-state index contributed by atoms with van der Waals surface area (Å²) in [4.78, 5) is 5.35. The normalized spacial score (nSPS) is 12.8. The standard InChI is InChI=1S/C13H12N4S/c1-8-13(18-17-16-8)12(14)10-4-2-6-11-9(10)5-3-7-15-11/h2-7,12H,14H2,1H3. The van der Waals surface area contributed by atoms with Gasteiger partial charge in [0, 0.05) is 11.6 Å². The summed E-state index contributed by atoms with van der Waals surface area (Å²) in [5.41, 5.74) is 9.25. The zero-order valence-electron chi connectivity index (χ0n) is 9.87. The van der Waals surface area contributed by atoms with Gasteiger partial charge in [0.15, 0.2) is 0 Å². The van der Waals surface area contributed by atoms with Crippen LogP contribution in [0.5, 0.6) is 0 Å². The Kier molecular flexibility index (Phi) is 2.77. The quantitative estimate of drug-likeness (QED) is 0.765. The Morgan fingerprint density at radius 1 is 1.22 bits per heavy atom. The van der Waals surface area contributed by atoms with Gasteiger partial charge in [-0.1, -0.05) is 22.7 Å². The van der Waals surface area contributed by atoms with E-state index in [9.17, 15) is 0 Å². The molecular formula is C13H12N4S. The Morgan fingerprint density at radius 2 is 2.11 bits per heavy atom. The lowest BCUT2D eigenvalue weighted by Gasteiger charge is -2.12. The number of fused-ring (bicyclic) bond motifs is 1. The van der Waals surface area contributed by atoms with E-state index in [1.54, 1.807) is 6.20 Å². The minimum Gasteiger partial charge on any atom is -0.319 e. The van der Waals surface area contributed by atoms with Gasteiger partial charge >= 0.3 is 0 Å². The molecule has 0 bridgehead atoms. The highest BCUT2D eigenvalue weighted by Crippen LogP contribution is 2.29. The number of nitrogens with two attached hydrogens (primary N) is 1. The molecular weight excluding hydrogens is 244 g/mol. The van der Waals surface area contributed by atoms with Gasteiger partial charge in [0.25, 0.3) is 0 Å². The molecule has 0 spiro atoms. The van der Waals surface area contributed by atoms with Gasteiger partial charge < -0.3 is 5.73 Å². The van der Waals surface area contributed by atoms with Crippen molar-refractivity contribution in [3.63, 3.8) is 0 Å². The summed E-state index contributed by atoms with van der Waals surface area (Å²) < 4.78 is 3.94. The summed E-state index contributed by atoms with van der Waals surface area (Å²) in [6, 6.07) is 9.78. The van der Waals surface area contributed by atoms with Crippen LogP contribution in [0.3, 0.4) is 0 Å². The summed E-state index contributed by atoms with van der Waals surface area (Å²) in [7, 11) is 0. The molecule has 2 N–H and O–H groups in total. The Bertz CT molecular complexity index is 687. The minimum absolute atomic E-state index is 0.196. The van der Waals surface area contributed by atoms with E-state index >= 15 is 0 Å². The van der Waals surface area contributed by atoms with E-state index in [-0.39, 0.29) is 6.04 Å². The highest BCUT2D eigenvalue weighted by Gasteiger charge is 2.17. The van der Waals surface area contributed by atoms with Gasteiger partial charge in [0.2, 0.25) is 0 Å². The van der Waals surface area contributed by atoms with E-state index < -0.39 is 0 Å². The van der Waals surface area contributed by atoms with Crippen molar-refractivity contribution in [2.75, 3.05) is 0 Å². The Balaban J connectivity index is 2.18. The van der Waals surface area contributed by atoms with Crippen LogP contribution in [0.2, 0.25) is 0 Å². The van der Waals surface area contributed by atoms with Gasteiger partial charge in [0.05, 0.1) is 22.1 Å². The van der Waals surface area contributed by atoms with Crippen LogP contribution in [-0.2, 0) is 0 Å². The summed E-state index contributed by atoms with van der Waals surface area (Å²) in [5, 5.41) is 5.10. The molecule has 0 amide bonds. The second kappa shape index (κ2) is 4.44. The van der Waals surface area contributed by atoms with E-state index in [1.165, 1.54) is 11.5 Å². The molecule has 0 fully saturated rings. The maximum Gasteiger partial charge on any atom is 0.0776 e. The third-order valence-electron chi connectivity index (χ3n) is 2.98. The second-order valence-corrected chi connectivity index (χ2v) is 4.90. The molecule has 5 heteroatoms. The first-order valence-corrected chi connectivity index (χ1v) is 6.43. The fraction of sp³-hybridized carbons (Fsp3) is 0.154. The van der Waals surface area contributed by atoms with Crippen LogP contribution in [0.4, 0.5) is 0 Å². The fourth-order valence-electron chi connectivity index (χ4n) is 2.06. The van der Waals surface area contributed by atoms with Crippen LogP contribution >= 0.6 is 11.5 Å². The summed E-state index contributed by atoms with van der Waals surface area (Å²) >= 11 is 1.35. The van der Waals surface area contributed by atoms with E-state index in [1.807, 2.05) is 37.3 Å². The van der Waals surface area contributed by atoms with Crippen LogP contribution < -0.4 is 5.73 Å². The Hall–Kier alpha value is -1.85. The molecule has 18 heavy (non-hydrogen) atoms. The zero-order chi connectivity index (χ0) is 12.5. The minimum atomic E-state index is -0.196. The molecule has 1 unspecified atom stereocenters. The lowest BCUT2D eigenvalue weighted by Crippen LogP contribution is -2.12. The molecule has 1 aromatic carbocycles. The number of hydrogen-bond acceptors (Lipinski definition) is 5. The number of nitrogens with zero attached hydrogens (tertiary/aromatic N) is 3. The van der Waals surface area contributed by atoms with Gasteiger partial charge in [-0.2, -0.15) is 0 Å². The predicted octanol–water partition coefficient (Wildman–Crippen LogP) is 2.44. The molecule has 0 radical (unpaired) electrons. The third kappa shape index (κ3) is 1.77. The smallest absolute Gasteiger partial charge is 0.0776 e. The lowest BCUT2D eigenvalue weighted by atomic mass is 10.0. The molecule has 3 aromatic rings. The van der Waals surface area contributed by atoms with Gasteiger partial charge in [-0.15, -0.1) is 5.10 Å². The summed E-state index contributed by atoms with van der Waals surface area (Å²) in [6.45, 7) is 1.93. The van der Waals surface area contributed by atoms with Crippen molar-refractivity contribution in [3.8, 4) is 0 Å². The number of hydrogen-bond donors (Lipinski definition) is 1. The molecule has 4 nitrogen and oxygen atoms in total. The topological polar surface area (TPSA) is 64.7 Å². The van der Waals surface area contributed by atoms with E-state index in [0.29, 0.717) is 0 Å². The first-order chi connectivity index (χ1) is 8.77. The zero-order valence-corrected chi connectivity index (χ0v) is 10.7. The van der Waals surface area contributed by atoms with Crippen LogP contribution in [0.15, 0.2) is 36.5 Å². The second-order valence-electron chi connectivity index (χ2n) is 4.12. The first kappa shape index (κ1) is 11.3. The van der Waals surface area contributed by atoms with Crippen molar-refractivity contribution in [2.24, 2.45) is 5.73 Å². The number of rotatable bonds is 2. The highest BCUT2D eigenvalue weighted by atomic mass is 32.1. The predicted molar refractivity (Wildman–Crippen MR) is 72.4 cm³/mol. The van der Waals surface area contributed by atoms with E-state index in [2.05, 4.69) is 14.6 Å². The molecule has 0 aliphatic carbocycles. The van der Waals surface area contributed by atoms with Crippen molar-refractivity contribution in [3.05, 3.63) is 52.7 Å². The molecule has 0 saturated heterocycles. The lowest BCUT2D eigenvalue weighted by molar-refractivity contribution is 0.882. The van der Waals surface area contributed by atoms with Crippen LogP contribution in [-0.4, -0.2) is 14.6 Å². The number of aromatic nitrogens is 3. The number of pyridine rings is 1. The molecule has 0 aliphatic rings. The maximum atomic E-state index is 6.33. The van der Waals surface area contributed by atoms with Crippen LogP contribution in [0.25, 0.3) is 10.9 Å². The van der Waals surface area contributed by atoms with Gasteiger partial charge in [-0.3, -0.25) is 4.98 Å². The fourth-order valence-corrected chi connectivity index (χ4v) is 2.73. The number of benzene rings is 1. The monoisotopic (exact) mass is 256 g/mol. The molecule has 2 aromatic heterocycles. The Morgan fingerprint density at radius 3 is 2.89 bits per heavy atom. The average Bonchev–Trinajstić information content (AvgIpc) is 2.83. The number of aryl methyl sites for hydroxylation is 1. The summed E-state index contributed by atoms with van der Waals surface area (Å²) in [5.74, 6) is 0. The van der Waals surface area contributed by atoms with Crippen molar-refractivity contribution in [1.82, 2.24) is 14.6 Å². The van der Waals surface area contributed by atoms with Crippen molar-refractivity contribution < 1.29 is 0 Å². The van der Waals surface area contributed by atoms with E-state index in [4.69, 9.17) is 5.73 Å². The van der Waals surface area contributed by atoms with Crippen molar-refractivity contribution >= 4 is 22.4 Å².